The number of hydrogen-bond acceptors (Lipinski definition) is 4. The number of carbonyl (C=O) groups is 1. The molecule has 1 N–H and O–H groups in total. The van der Waals surface area contributed by atoms with Gasteiger partial charge >= 0.3 is 5.97 Å². The van der Waals surface area contributed by atoms with Gasteiger partial charge in [-0.15, -0.1) is 0 Å². The van der Waals surface area contributed by atoms with Crippen LogP contribution >= 0.6 is 0 Å². The zero-order chi connectivity index (χ0) is 10.7. The number of fused-ring (bicyclic) bond motifs is 1. The predicted molar refractivity (Wildman–Crippen MR) is 54.2 cm³/mol. The largest absolute Gasteiger partial charge is 0.466 e. The molecule has 0 aliphatic carbocycles. The van der Waals surface area contributed by atoms with Crippen molar-refractivity contribution in [2.75, 3.05) is 6.61 Å². The molecular formula is C10H11N3O2. The van der Waals surface area contributed by atoms with Gasteiger partial charge in [-0.3, -0.25) is 9.89 Å². The van der Waals surface area contributed by atoms with Crippen LogP contribution in [0.4, 0.5) is 0 Å². The quantitative estimate of drug-likeness (QED) is 0.761. The zero-order valence-electron chi connectivity index (χ0n) is 8.36. The lowest BCUT2D eigenvalue weighted by molar-refractivity contribution is -0.142. The molecule has 2 heterocycles. The van der Waals surface area contributed by atoms with E-state index in [1.54, 1.807) is 13.1 Å². The van der Waals surface area contributed by atoms with E-state index in [2.05, 4.69) is 15.2 Å². The molecule has 78 valence electrons. The number of H-pyrrole nitrogens is 1. The summed E-state index contributed by atoms with van der Waals surface area (Å²) in [5.41, 5.74) is 1.37. The SMILES string of the molecule is CCOC(=O)Cc1[nH]nc2ncccc12. The van der Waals surface area contributed by atoms with Gasteiger partial charge in [0.25, 0.3) is 0 Å². The number of aromatic amines is 1. The third-order valence-electron chi connectivity index (χ3n) is 2.04. The van der Waals surface area contributed by atoms with Gasteiger partial charge in [-0.05, 0) is 19.1 Å². The van der Waals surface area contributed by atoms with E-state index in [-0.39, 0.29) is 12.4 Å². The number of hydrogen-bond donors (Lipinski definition) is 1. The first kappa shape index (κ1) is 9.64. The van der Waals surface area contributed by atoms with Gasteiger partial charge in [0.05, 0.1) is 18.7 Å². The van der Waals surface area contributed by atoms with Gasteiger partial charge in [0.1, 0.15) is 0 Å². The van der Waals surface area contributed by atoms with Crippen LogP contribution in [0, 0.1) is 0 Å². The van der Waals surface area contributed by atoms with E-state index < -0.39 is 0 Å². The molecule has 15 heavy (non-hydrogen) atoms. The van der Waals surface area contributed by atoms with Gasteiger partial charge < -0.3 is 4.74 Å². The Labute approximate surface area is 86.5 Å². The van der Waals surface area contributed by atoms with Crippen LogP contribution in [0.1, 0.15) is 12.6 Å². The average molecular weight is 205 g/mol. The fraction of sp³-hybridized carbons (Fsp3) is 0.300. The Kier molecular flexibility index (Phi) is 2.62. The zero-order valence-corrected chi connectivity index (χ0v) is 8.36. The van der Waals surface area contributed by atoms with Gasteiger partial charge in [0.2, 0.25) is 0 Å². The summed E-state index contributed by atoms with van der Waals surface area (Å²) in [7, 11) is 0. The van der Waals surface area contributed by atoms with Gasteiger partial charge in [-0.25, -0.2) is 4.98 Å². The van der Waals surface area contributed by atoms with Crippen molar-refractivity contribution in [3.05, 3.63) is 24.0 Å². The number of pyridine rings is 1. The van der Waals surface area contributed by atoms with Crippen molar-refractivity contribution in [3.8, 4) is 0 Å². The fourth-order valence-electron chi connectivity index (χ4n) is 1.39. The summed E-state index contributed by atoms with van der Waals surface area (Å²) in [6, 6.07) is 3.69. The molecule has 5 nitrogen and oxygen atoms in total. The van der Waals surface area contributed by atoms with E-state index in [4.69, 9.17) is 4.74 Å². The highest BCUT2D eigenvalue weighted by molar-refractivity contribution is 5.83. The molecule has 0 unspecified atom stereocenters. The van der Waals surface area contributed by atoms with Crippen molar-refractivity contribution in [1.29, 1.82) is 0 Å². The minimum Gasteiger partial charge on any atom is -0.466 e. The van der Waals surface area contributed by atoms with Crippen molar-refractivity contribution >= 4 is 17.0 Å². The lowest BCUT2D eigenvalue weighted by atomic mass is 10.2. The monoisotopic (exact) mass is 205 g/mol. The van der Waals surface area contributed by atoms with Crippen molar-refractivity contribution in [2.45, 2.75) is 13.3 Å². The summed E-state index contributed by atoms with van der Waals surface area (Å²) < 4.78 is 4.86. The Bertz CT molecular complexity index is 478. The van der Waals surface area contributed by atoms with Crippen LogP contribution in [0.15, 0.2) is 18.3 Å². The summed E-state index contributed by atoms with van der Waals surface area (Å²) in [6.45, 7) is 2.17. The van der Waals surface area contributed by atoms with Gasteiger partial charge in [0, 0.05) is 11.6 Å². The van der Waals surface area contributed by atoms with E-state index >= 15 is 0 Å². The van der Waals surface area contributed by atoms with Gasteiger partial charge in [-0.1, -0.05) is 0 Å². The molecule has 2 aromatic rings. The Morgan fingerprint density at radius 2 is 2.47 bits per heavy atom. The number of rotatable bonds is 3. The smallest absolute Gasteiger partial charge is 0.311 e. The molecule has 0 atom stereocenters. The van der Waals surface area contributed by atoms with E-state index in [0.29, 0.717) is 12.3 Å². The molecule has 0 saturated carbocycles. The first-order valence-electron chi connectivity index (χ1n) is 4.75. The Hall–Kier alpha value is -1.91. The molecule has 0 radical (unpaired) electrons. The molecule has 0 aliphatic heterocycles. The highest BCUT2D eigenvalue weighted by Crippen LogP contribution is 2.13. The summed E-state index contributed by atoms with van der Waals surface area (Å²) in [6.07, 6.45) is 1.87. The topological polar surface area (TPSA) is 67.9 Å². The fourth-order valence-corrected chi connectivity index (χ4v) is 1.39. The number of nitrogens with one attached hydrogen (secondary N) is 1. The van der Waals surface area contributed by atoms with Crippen molar-refractivity contribution in [3.63, 3.8) is 0 Å². The summed E-state index contributed by atoms with van der Waals surface area (Å²) >= 11 is 0. The highest BCUT2D eigenvalue weighted by atomic mass is 16.5. The van der Waals surface area contributed by atoms with E-state index in [1.807, 2.05) is 12.1 Å². The molecule has 0 bridgehead atoms. The molecule has 0 fully saturated rings. The number of carbonyl (C=O) groups excluding carboxylic acids is 1. The molecule has 0 spiro atoms. The van der Waals surface area contributed by atoms with E-state index in [1.165, 1.54) is 0 Å². The first-order chi connectivity index (χ1) is 7.31. The summed E-state index contributed by atoms with van der Waals surface area (Å²) in [5, 5.41) is 7.64. The van der Waals surface area contributed by atoms with Crippen LogP contribution in [0.3, 0.4) is 0 Å². The second-order valence-corrected chi connectivity index (χ2v) is 3.06. The predicted octanol–water partition coefficient (Wildman–Crippen LogP) is 1.06. The van der Waals surface area contributed by atoms with E-state index in [0.717, 1.165) is 11.1 Å². The maximum atomic E-state index is 11.3. The van der Waals surface area contributed by atoms with Crippen LogP contribution in [-0.4, -0.2) is 27.8 Å². The maximum Gasteiger partial charge on any atom is 0.311 e. The first-order valence-corrected chi connectivity index (χ1v) is 4.75. The highest BCUT2D eigenvalue weighted by Gasteiger charge is 2.10. The van der Waals surface area contributed by atoms with Crippen LogP contribution in [0.5, 0.6) is 0 Å². The minimum atomic E-state index is -0.257. The summed E-state index contributed by atoms with van der Waals surface area (Å²) in [5.74, 6) is -0.257. The lowest BCUT2D eigenvalue weighted by Crippen LogP contribution is -2.07. The normalized spacial score (nSPS) is 10.5. The molecule has 0 aromatic carbocycles. The van der Waals surface area contributed by atoms with Crippen molar-refractivity contribution in [1.82, 2.24) is 15.2 Å². The number of aromatic nitrogens is 3. The lowest BCUT2D eigenvalue weighted by Gasteiger charge is -1.99. The Morgan fingerprint density at radius 3 is 3.27 bits per heavy atom. The van der Waals surface area contributed by atoms with Crippen LogP contribution in [0.25, 0.3) is 11.0 Å². The van der Waals surface area contributed by atoms with Crippen LogP contribution in [0.2, 0.25) is 0 Å². The third-order valence-corrected chi connectivity index (χ3v) is 2.04. The summed E-state index contributed by atoms with van der Waals surface area (Å²) in [4.78, 5) is 15.3. The van der Waals surface area contributed by atoms with Gasteiger partial charge in [0.15, 0.2) is 5.65 Å². The van der Waals surface area contributed by atoms with Gasteiger partial charge in [-0.2, -0.15) is 5.10 Å². The minimum absolute atomic E-state index is 0.204. The van der Waals surface area contributed by atoms with E-state index in [9.17, 15) is 4.79 Å². The third kappa shape index (κ3) is 1.96. The number of esters is 1. The molecule has 5 heteroatoms. The Balaban J connectivity index is 2.25. The molecule has 2 rings (SSSR count). The molecule has 0 saturated heterocycles. The van der Waals surface area contributed by atoms with Crippen LogP contribution in [-0.2, 0) is 16.0 Å². The van der Waals surface area contributed by atoms with Crippen LogP contribution < -0.4 is 0 Å². The standard InChI is InChI=1S/C10H11N3O2/c1-2-15-9(14)6-8-7-4-3-5-11-10(7)13-12-8/h3-5H,2,6H2,1H3,(H,11,12,13). The molecule has 2 aromatic heterocycles. The molecule has 0 amide bonds. The number of nitrogens with zero attached hydrogens (tertiary/aromatic N) is 2. The maximum absolute atomic E-state index is 11.3. The average Bonchev–Trinajstić information content (AvgIpc) is 2.62. The molecule has 0 aliphatic rings. The number of ether oxygens (including phenoxy) is 1. The Morgan fingerprint density at radius 1 is 1.60 bits per heavy atom. The van der Waals surface area contributed by atoms with Crippen molar-refractivity contribution in [2.24, 2.45) is 0 Å². The molecular weight excluding hydrogens is 194 g/mol. The second-order valence-electron chi connectivity index (χ2n) is 3.06. The van der Waals surface area contributed by atoms with Crippen molar-refractivity contribution < 1.29 is 9.53 Å². The second kappa shape index (κ2) is 4.08.